The number of hydrogen-bond donors (Lipinski definition) is 1. The first-order chi connectivity index (χ1) is 13.7. The van der Waals surface area contributed by atoms with E-state index in [1.54, 1.807) is 4.90 Å². The fraction of sp³-hybridized carbons (Fsp3) is 0.391. The molecular weight excluding hydrogens is 350 g/mol. The zero-order valence-corrected chi connectivity index (χ0v) is 16.1. The zero-order valence-electron chi connectivity index (χ0n) is 16.1. The molecule has 1 unspecified atom stereocenters. The van der Waals surface area contributed by atoms with Crippen LogP contribution in [0.25, 0.3) is 0 Å². The summed E-state index contributed by atoms with van der Waals surface area (Å²) >= 11 is 0. The van der Waals surface area contributed by atoms with E-state index in [-0.39, 0.29) is 11.8 Å². The lowest BCUT2D eigenvalue weighted by atomic mass is 10.1. The summed E-state index contributed by atoms with van der Waals surface area (Å²) in [6, 6.07) is 17.5. The first-order valence-electron chi connectivity index (χ1n) is 10.2. The average Bonchev–Trinajstić information content (AvgIpc) is 3.10. The summed E-state index contributed by atoms with van der Waals surface area (Å²) in [4.78, 5) is 29.4. The minimum absolute atomic E-state index is 0.0473. The molecule has 0 radical (unpaired) electrons. The molecule has 5 heteroatoms. The molecule has 2 aliphatic rings. The number of rotatable bonds is 5. The Kier molecular flexibility index (Phi) is 5.60. The SMILES string of the molecule is O=C(Nc1cccc(N2CCCCC2)c1)C1CCC(=O)N1Cc1ccccc1. The van der Waals surface area contributed by atoms with Crippen LogP contribution in [0.2, 0.25) is 0 Å². The number of nitrogens with one attached hydrogen (secondary N) is 1. The summed E-state index contributed by atoms with van der Waals surface area (Å²) in [6.07, 6.45) is 4.73. The Hall–Kier alpha value is -2.82. The average molecular weight is 377 g/mol. The highest BCUT2D eigenvalue weighted by atomic mass is 16.2. The van der Waals surface area contributed by atoms with Crippen LogP contribution in [0.1, 0.15) is 37.7 Å². The molecule has 1 atom stereocenters. The summed E-state index contributed by atoms with van der Waals surface area (Å²) in [5, 5.41) is 3.04. The van der Waals surface area contributed by atoms with Gasteiger partial charge in [-0.15, -0.1) is 0 Å². The van der Waals surface area contributed by atoms with E-state index in [1.807, 2.05) is 48.5 Å². The molecule has 2 fully saturated rings. The highest BCUT2D eigenvalue weighted by Crippen LogP contribution is 2.26. The third-order valence-corrected chi connectivity index (χ3v) is 5.66. The van der Waals surface area contributed by atoms with Crippen LogP contribution in [0.3, 0.4) is 0 Å². The van der Waals surface area contributed by atoms with E-state index in [0.29, 0.717) is 19.4 Å². The van der Waals surface area contributed by atoms with E-state index in [4.69, 9.17) is 0 Å². The Bertz CT molecular complexity index is 831. The van der Waals surface area contributed by atoms with Gasteiger partial charge in [0, 0.05) is 37.4 Å². The van der Waals surface area contributed by atoms with Gasteiger partial charge >= 0.3 is 0 Å². The lowest BCUT2D eigenvalue weighted by molar-refractivity contribution is -0.133. The molecule has 28 heavy (non-hydrogen) atoms. The maximum Gasteiger partial charge on any atom is 0.247 e. The number of piperidine rings is 1. The molecule has 2 aliphatic heterocycles. The quantitative estimate of drug-likeness (QED) is 0.862. The molecule has 2 amide bonds. The van der Waals surface area contributed by atoms with E-state index in [9.17, 15) is 9.59 Å². The third-order valence-electron chi connectivity index (χ3n) is 5.66. The molecule has 146 valence electrons. The molecule has 2 aromatic rings. The van der Waals surface area contributed by atoms with Crippen LogP contribution in [0.15, 0.2) is 54.6 Å². The zero-order chi connectivity index (χ0) is 19.3. The lowest BCUT2D eigenvalue weighted by Crippen LogP contribution is -2.41. The van der Waals surface area contributed by atoms with Gasteiger partial charge < -0.3 is 15.1 Å². The van der Waals surface area contributed by atoms with E-state index in [1.165, 1.54) is 19.3 Å². The third kappa shape index (κ3) is 4.19. The summed E-state index contributed by atoms with van der Waals surface area (Å²) in [6.45, 7) is 2.62. The molecule has 2 aromatic carbocycles. The number of carbonyl (C=O) groups excluding carboxylic acids is 2. The molecule has 2 heterocycles. The molecule has 1 N–H and O–H groups in total. The van der Waals surface area contributed by atoms with Crippen molar-refractivity contribution in [1.82, 2.24) is 4.90 Å². The molecule has 0 spiro atoms. The van der Waals surface area contributed by atoms with E-state index in [2.05, 4.69) is 16.3 Å². The van der Waals surface area contributed by atoms with Crippen molar-refractivity contribution in [1.29, 1.82) is 0 Å². The largest absolute Gasteiger partial charge is 0.371 e. The van der Waals surface area contributed by atoms with Gasteiger partial charge in [-0.25, -0.2) is 0 Å². The number of benzene rings is 2. The van der Waals surface area contributed by atoms with Crippen LogP contribution in [-0.2, 0) is 16.1 Å². The Morgan fingerprint density at radius 2 is 1.79 bits per heavy atom. The highest BCUT2D eigenvalue weighted by Gasteiger charge is 2.36. The first-order valence-corrected chi connectivity index (χ1v) is 10.2. The van der Waals surface area contributed by atoms with Crippen molar-refractivity contribution in [3.63, 3.8) is 0 Å². The van der Waals surface area contributed by atoms with E-state index in [0.717, 1.165) is 30.0 Å². The van der Waals surface area contributed by atoms with Crippen LogP contribution >= 0.6 is 0 Å². The second kappa shape index (κ2) is 8.46. The Morgan fingerprint density at radius 3 is 2.57 bits per heavy atom. The molecule has 0 aromatic heterocycles. The first kappa shape index (κ1) is 18.5. The monoisotopic (exact) mass is 377 g/mol. The van der Waals surface area contributed by atoms with E-state index >= 15 is 0 Å². The molecule has 2 saturated heterocycles. The van der Waals surface area contributed by atoms with Gasteiger partial charge in [-0.2, -0.15) is 0 Å². The van der Waals surface area contributed by atoms with Crippen LogP contribution < -0.4 is 10.2 Å². The number of amides is 2. The van der Waals surface area contributed by atoms with Gasteiger partial charge in [0.15, 0.2) is 0 Å². The second-order valence-corrected chi connectivity index (χ2v) is 7.65. The number of nitrogens with zero attached hydrogens (tertiary/aromatic N) is 2. The summed E-state index contributed by atoms with van der Waals surface area (Å²) < 4.78 is 0. The maximum absolute atomic E-state index is 12.9. The van der Waals surface area contributed by atoms with Gasteiger partial charge in [-0.3, -0.25) is 9.59 Å². The van der Waals surface area contributed by atoms with Gasteiger partial charge in [-0.1, -0.05) is 36.4 Å². The molecule has 0 bridgehead atoms. The minimum atomic E-state index is -0.411. The maximum atomic E-state index is 12.9. The van der Waals surface area contributed by atoms with Crippen molar-refractivity contribution >= 4 is 23.2 Å². The van der Waals surface area contributed by atoms with Gasteiger partial charge in [0.2, 0.25) is 11.8 Å². The predicted octanol–water partition coefficient (Wildman–Crippen LogP) is 3.81. The van der Waals surface area contributed by atoms with Gasteiger partial charge in [0.05, 0.1) is 0 Å². The van der Waals surface area contributed by atoms with Gasteiger partial charge in [0.25, 0.3) is 0 Å². The summed E-state index contributed by atoms with van der Waals surface area (Å²) in [5.41, 5.74) is 3.00. The van der Waals surface area contributed by atoms with Crippen molar-refractivity contribution in [2.24, 2.45) is 0 Å². The van der Waals surface area contributed by atoms with Crippen LogP contribution in [0, 0.1) is 0 Å². The molecule has 4 rings (SSSR count). The summed E-state index contributed by atoms with van der Waals surface area (Å²) in [7, 11) is 0. The Morgan fingerprint density at radius 1 is 1.00 bits per heavy atom. The second-order valence-electron chi connectivity index (χ2n) is 7.65. The number of carbonyl (C=O) groups is 2. The summed E-state index contributed by atoms with van der Waals surface area (Å²) in [5.74, 6) is -0.0522. The molecule has 0 saturated carbocycles. The molecule has 5 nitrogen and oxygen atoms in total. The van der Waals surface area contributed by atoms with E-state index < -0.39 is 6.04 Å². The van der Waals surface area contributed by atoms with Gasteiger partial charge in [-0.05, 0) is 49.4 Å². The lowest BCUT2D eigenvalue weighted by Gasteiger charge is -2.29. The van der Waals surface area contributed by atoms with Crippen LogP contribution in [0.4, 0.5) is 11.4 Å². The number of hydrogen-bond acceptors (Lipinski definition) is 3. The molecule has 0 aliphatic carbocycles. The molecular formula is C23H27N3O2. The standard InChI is InChI=1S/C23H27N3O2/c27-22-13-12-21(26(22)17-18-8-3-1-4-9-18)23(28)24-19-10-7-11-20(16-19)25-14-5-2-6-15-25/h1,3-4,7-11,16,21H,2,5-6,12-15,17H2,(H,24,28). The van der Waals surface area contributed by atoms with Crippen molar-refractivity contribution in [2.75, 3.05) is 23.3 Å². The Labute approximate surface area is 166 Å². The fourth-order valence-corrected chi connectivity index (χ4v) is 4.14. The van der Waals surface area contributed by atoms with Crippen LogP contribution in [0.5, 0.6) is 0 Å². The van der Waals surface area contributed by atoms with Gasteiger partial charge in [0.1, 0.15) is 6.04 Å². The topological polar surface area (TPSA) is 52.7 Å². The predicted molar refractivity (Wildman–Crippen MR) is 111 cm³/mol. The minimum Gasteiger partial charge on any atom is -0.371 e. The Balaban J connectivity index is 1.44. The number of anilines is 2. The number of likely N-dealkylation sites (tertiary alicyclic amines) is 1. The normalized spacial score (nSPS) is 19.7. The van der Waals surface area contributed by atoms with Crippen molar-refractivity contribution in [2.45, 2.75) is 44.7 Å². The smallest absolute Gasteiger partial charge is 0.247 e. The van der Waals surface area contributed by atoms with Crippen molar-refractivity contribution in [3.8, 4) is 0 Å². The fourth-order valence-electron chi connectivity index (χ4n) is 4.14. The van der Waals surface area contributed by atoms with Crippen molar-refractivity contribution in [3.05, 3.63) is 60.2 Å². The van der Waals surface area contributed by atoms with Crippen LogP contribution in [-0.4, -0.2) is 35.8 Å². The van der Waals surface area contributed by atoms with Crippen molar-refractivity contribution < 1.29 is 9.59 Å². The highest BCUT2D eigenvalue weighted by molar-refractivity contribution is 5.99.